The van der Waals surface area contributed by atoms with Crippen molar-refractivity contribution < 1.29 is 31.8 Å². The zero-order valence-corrected chi connectivity index (χ0v) is 7.68. The lowest BCUT2D eigenvalue weighted by Gasteiger charge is -2.10. The maximum absolute atomic E-state index is 13.0. The molecule has 0 radical (unpaired) electrons. The first-order valence-electron chi connectivity index (χ1n) is 3.98. The number of alkyl halides is 4. The summed E-state index contributed by atoms with van der Waals surface area (Å²) in [5.41, 5.74) is -1.11. The van der Waals surface area contributed by atoms with Gasteiger partial charge in [-0.25, -0.2) is 13.8 Å². The first kappa shape index (κ1) is 12.6. The van der Waals surface area contributed by atoms with E-state index in [2.05, 4.69) is 9.72 Å². The molecule has 1 aromatic rings. The minimum absolute atomic E-state index is 0.307. The molecule has 0 aliphatic heterocycles. The van der Waals surface area contributed by atoms with Gasteiger partial charge in [-0.3, -0.25) is 0 Å². The molecule has 1 heterocycles. The van der Waals surface area contributed by atoms with E-state index in [4.69, 9.17) is 5.11 Å². The molecule has 0 saturated carbocycles. The Bertz CT molecular complexity index is 379. The summed E-state index contributed by atoms with van der Waals surface area (Å²) < 4.78 is 63.9. The van der Waals surface area contributed by atoms with Crippen molar-refractivity contribution in [1.82, 2.24) is 4.98 Å². The van der Waals surface area contributed by atoms with Crippen molar-refractivity contribution in [2.24, 2.45) is 0 Å². The van der Waals surface area contributed by atoms with E-state index in [1.54, 1.807) is 0 Å². The molecule has 3 nitrogen and oxygen atoms in total. The van der Waals surface area contributed by atoms with Gasteiger partial charge < -0.3 is 9.84 Å². The zero-order chi connectivity index (χ0) is 12.3. The Morgan fingerprint density at radius 2 is 2.00 bits per heavy atom. The van der Waals surface area contributed by atoms with Crippen molar-refractivity contribution in [2.75, 3.05) is 0 Å². The van der Waals surface area contributed by atoms with Gasteiger partial charge in [-0.1, -0.05) is 0 Å². The third-order valence-electron chi connectivity index (χ3n) is 1.64. The molecule has 0 spiro atoms. The lowest BCUT2D eigenvalue weighted by Crippen LogP contribution is -2.19. The van der Waals surface area contributed by atoms with E-state index in [-0.39, 0.29) is 0 Å². The highest BCUT2D eigenvalue weighted by atomic mass is 19.4. The maximum atomic E-state index is 13.0. The molecule has 0 aromatic carbocycles. The highest BCUT2D eigenvalue weighted by Crippen LogP contribution is 2.24. The summed E-state index contributed by atoms with van der Waals surface area (Å²) in [7, 11) is 0. The number of hydrogen-bond donors (Lipinski definition) is 1. The molecule has 8 heteroatoms. The van der Waals surface area contributed by atoms with Gasteiger partial charge in [0.1, 0.15) is 12.5 Å². The average Bonchev–Trinajstić information content (AvgIpc) is 2.14. The predicted octanol–water partition coefficient (Wildman–Crippen LogP) is 2.08. The summed E-state index contributed by atoms with van der Waals surface area (Å²) in [6, 6.07) is 0.307. The number of ether oxygens (including phenoxy) is 1. The highest BCUT2D eigenvalue weighted by Gasteiger charge is 2.32. The molecule has 1 N–H and O–H groups in total. The fraction of sp³-hybridized carbons (Fsp3) is 0.375. The van der Waals surface area contributed by atoms with Crippen molar-refractivity contribution >= 4 is 0 Å². The van der Waals surface area contributed by atoms with Crippen LogP contribution in [0.1, 0.15) is 11.3 Å². The van der Waals surface area contributed by atoms with Crippen molar-refractivity contribution in [3.63, 3.8) is 0 Å². The normalized spacial score (nSPS) is 11.6. The summed E-state index contributed by atoms with van der Waals surface area (Å²) >= 11 is 0. The summed E-state index contributed by atoms with van der Waals surface area (Å²) in [5.74, 6) is -2.33. The summed E-state index contributed by atoms with van der Waals surface area (Å²) in [4.78, 5) is 3.14. The molecular weight excluding hydrogens is 237 g/mol. The number of aliphatic hydroxyl groups is 1. The van der Waals surface area contributed by atoms with Crippen molar-refractivity contribution in [1.29, 1.82) is 0 Å². The number of hydrogen-bond acceptors (Lipinski definition) is 3. The second-order valence-corrected chi connectivity index (χ2v) is 2.71. The number of rotatable bonds is 3. The van der Waals surface area contributed by atoms with Gasteiger partial charge in [0.15, 0.2) is 0 Å². The van der Waals surface area contributed by atoms with Gasteiger partial charge in [0.25, 0.3) is 0 Å². The van der Waals surface area contributed by atoms with Crippen LogP contribution in [0.25, 0.3) is 0 Å². The Morgan fingerprint density at radius 1 is 1.38 bits per heavy atom. The van der Waals surface area contributed by atoms with Crippen LogP contribution >= 0.6 is 0 Å². The number of aliphatic hydroxyl groups excluding tert-OH is 1. The van der Waals surface area contributed by atoms with Crippen LogP contribution in [0.2, 0.25) is 0 Å². The second kappa shape index (κ2) is 4.60. The Labute approximate surface area is 86.5 Å². The third-order valence-corrected chi connectivity index (χ3v) is 1.64. The SMILES string of the molecule is OCc1nc(OC(F)(F)F)cc(F)c1CF. The van der Waals surface area contributed by atoms with Gasteiger partial charge in [0.05, 0.1) is 12.3 Å². The van der Waals surface area contributed by atoms with Crippen LogP contribution in [0.3, 0.4) is 0 Å². The molecule has 16 heavy (non-hydrogen) atoms. The Kier molecular flexibility index (Phi) is 3.63. The minimum Gasteiger partial charge on any atom is -0.390 e. The van der Waals surface area contributed by atoms with Crippen LogP contribution in [0.5, 0.6) is 5.88 Å². The van der Waals surface area contributed by atoms with Crippen LogP contribution in [-0.2, 0) is 13.3 Å². The molecule has 1 aromatic heterocycles. The first-order chi connectivity index (χ1) is 7.37. The largest absolute Gasteiger partial charge is 0.574 e. The van der Waals surface area contributed by atoms with Crippen molar-refractivity contribution in [2.45, 2.75) is 19.6 Å². The van der Waals surface area contributed by atoms with Crippen molar-refractivity contribution in [3.8, 4) is 5.88 Å². The Balaban J connectivity index is 3.10. The quantitative estimate of drug-likeness (QED) is 0.826. The molecule has 1 rings (SSSR count). The van der Waals surface area contributed by atoms with Gasteiger partial charge in [0.2, 0.25) is 5.88 Å². The predicted molar refractivity (Wildman–Crippen MR) is 41.6 cm³/mol. The van der Waals surface area contributed by atoms with Crippen LogP contribution in [0, 0.1) is 5.82 Å². The number of nitrogens with zero attached hydrogens (tertiary/aromatic N) is 1. The zero-order valence-electron chi connectivity index (χ0n) is 7.68. The van der Waals surface area contributed by atoms with E-state index in [1.807, 2.05) is 0 Å². The fourth-order valence-electron chi connectivity index (χ4n) is 1.01. The summed E-state index contributed by atoms with van der Waals surface area (Å²) in [5, 5.41) is 8.66. The van der Waals surface area contributed by atoms with E-state index < -0.39 is 42.6 Å². The van der Waals surface area contributed by atoms with Crippen LogP contribution in [-0.4, -0.2) is 16.5 Å². The molecule has 0 atom stereocenters. The lowest BCUT2D eigenvalue weighted by molar-refractivity contribution is -0.276. The molecule has 0 amide bonds. The van der Waals surface area contributed by atoms with Crippen LogP contribution in [0.4, 0.5) is 22.0 Å². The van der Waals surface area contributed by atoms with E-state index in [0.717, 1.165) is 0 Å². The lowest BCUT2D eigenvalue weighted by atomic mass is 10.2. The number of pyridine rings is 1. The highest BCUT2D eigenvalue weighted by molar-refractivity contribution is 5.27. The fourth-order valence-corrected chi connectivity index (χ4v) is 1.01. The van der Waals surface area contributed by atoms with Gasteiger partial charge >= 0.3 is 6.36 Å². The molecule has 0 bridgehead atoms. The molecule has 0 unspecified atom stereocenters. The molecule has 0 saturated heterocycles. The Hall–Kier alpha value is -1.44. The van der Waals surface area contributed by atoms with Gasteiger partial charge in [-0.15, -0.1) is 13.2 Å². The topological polar surface area (TPSA) is 42.4 Å². The monoisotopic (exact) mass is 243 g/mol. The van der Waals surface area contributed by atoms with E-state index in [9.17, 15) is 22.0 Å². The summed E-state index contributed by atoms with van der Waals surface area (Å²) in [6.45, 7) is -2.16. The Morgan fingerprint density at radius 3 is 2.44 bits per heavy atom. The van der Waals surface area contributed by atoms with Crippen LogP contribution < -0.4 is 4.74 Å². The third kappa shape index (κ3) is 3.02. The molecular formula is C8H6F5NO2. The van der Waals surface area contributed by atoms with Gasteiger partial charge in [-0.2, -0.15) is 0 Å². The van der Waals surface area contributed by atoms with E-state index in [0.29, 0.717) is 6.07 Å². The molecule has 0 fully saturated rings. The smallest absolute Gasteiger partial charge is 0.390 e. The second-order valence-electron chi connectivity index (χ2n) is 2.71. The van der Waals surface area contributed by atoms with Crippen LogP contribution in [0.15, 0.2) is 6.07 Å². The average molecular weight is 243 g/mol. The summed E-state index contributed by atoms with van der Waals surface area (Å²) in [6.07, 6.45) is -5.02. The molecule has 0 aliphatic rings. The standard InChI is InChI=1S/C8H6F5NO2/c9-2-4-5(10)1-7(14-6(4)3-15)16-8(11,12)13/h1,15H,2-3H2. The minimum atomic E-state index is -5.02. The number of aromatic nitrogens is 1. The van der Waals surface area contributed by atoms with E-state index >= 15 is 0 Å². The van der Waals surface area contributed by atoms with Gasteiger partial charge in [-0.05, 0) is 0 Å². The van der Waals surface area contributed by atoms with Gasteiger partial charge in [0, 0.05) is 11.6 Å². The van der Waals surface area contributed by atoms with Crippen molar-refractivity contribution in [3.05, 3.63) is 23.1 Å². The maximum Gasteiger partial charge on any atom is 0.574 e. The molecule has 0 aliphatic carbocycles. The first-order valence-corrected chi connectivity index (χ1v) is 3.98. The van der Waals surface area contributed by atoms with E-state index in [1.165, 1.54) is 0 Å². The number of halogens is 5. The molecule has 90 valence electrons.